The van der Waals surface area contributed by atoms with Crippen molar-refractivity contribution in [1.29, 1.82) is 0 Å². The van der Waals surface area contributed by atoms with Gasteiger partial charge in [-0.25, -0.2) is 0 Å². The molecule has 1 rings (SSSR count). The van der Waals surface area contributed by atoms with E-state index in [1.54, 1.807) is 0 Å². The van der Waals surface area contributed by atoms with Crippen LogP contribution in [0.5, 0.6) is 0 Å². The SMILES string of the molecule is CCC(Cc1ccc(Cl)c(Cl)c1)NC. The molecule has 0 aliphatic carbocycles. The van der Waals surface area contributed by atoms with Gasteiger partial charge in [-0.15, -0.1) is 0 Å². The van der Waals surface area contributed by atoms with E-state index in [0.717, 1.165) is 12.8 Å². The van der Waals surface area contributed by atoms with E-state index in [9.17, 15) is 0 Å². The zero-order valence-electron chi connectivity index (χ0n) is 8.48. The predicted octanol–water partition coefficient (Wildman–Crippen LogP) is 3.53. The van der Waals surface area contributed by atoms with Crippen LogP contribution in [0.1, 0.15) is 18.9 Å². The number of likely N-dealkylation sites (N-methyl/N-ethyl adjacent to an activating group) is 1. The van der Waals surface area contributed by atoms with Gasteiger partial charge in [0.25, 0.3) is 0 Å². The summed E-state index contributed by atoms with van der Waals surface area (Å²) >= 11 is 11.8. The average molecular weight is 232 g/mol. The molecule has 0 saturated heterocycles. The third-order valence-corrected chi connectivity index (χ3v) is 3.11. The van der Waals surface area contributed by atoms with Crippen LogP contribution in [0.2, 0.25) is 10.0 Å². The molecule has 0 aliphatic heterocycles. The topological polar surface area (TPSA) is 12.0 Å². The lowest BCUT2D eigenvalue weighted by Crippen LogP contribution is -2.26. The van der Waals surface area contributed by atoms with Gasteiger partial charge in [-0.05, 0) is 37.6 Å². The molecule has 1 aromatic rings. The second-order valence-corrected chi connectivity index (χ2v) is 4.16. The van der Waals surface area contributed by atoms with Gasteiger partial charge in [-0.3, -0.25) is 0 Å². The van der Waals surface area contributed by atoms with Crippen molar-refractivity contribution < 1.29 is 0 Å². The molecule has 0 saturated carbocycles. The summed E-state index contributed by atoms with van der Waals surface area (Å²) in [5.41, 5.74) is 1.22. The standard InChI is InChI=1S/C11H15Cl2N/c1-3-9(14-2)6-8-4-5-10(12)11(13)7-8/h4-5,7,9,14H,3,6H2,1-2H3. The first-order valence-corrected chi connectivity index (χ1v) is 5.54. The second-order valence-electron chi connectivity index (χ2n) is 3.35. The maximum Gasteiger partial charge on any atom is 0.0595 e. The zero-order chi connectivity index (χ0) is 10.6. The van der Waals surface area contributed by atoms with Crippen molar-refractivity contribution in [3.05, 3.63) is 33.8 Å². The van der Waals surface area contributed by atoms with Crippen molar-refractivity contribution >= 4 is 23.2 Å². The molecule has 1 atom stereocenters. The molecule has 0 radical (unpaired) electrons. The van der Waals surface area contributed by atoms with Gasteiger partial charge in [0, 0.05) is 6.04 Å². The van der Waals surface area contributed by atoms with Gasteiger partial charge < -0.3 is 5.32 Å². The summed E-state index contributed by atoms with van der Waals surface area (Å²) in [6.45, 7) is 2.17. The monoisotopic (exact) mass is 231 g/mol. The van der Waals surface area contributed by atoms with E-state index in [2.05, 4.69) is 12.2 Å². The fourth-order valence-corrected chi connectivity index (χ4v) is 1.72. The van der Waals surface area contributed by atoms with Crippen molar-refractivity contribution in [3.63, 3.8) is 0 Å². The quantitative estimate of drug-likeness (QED) is 0.837. The van der Waals surface area contributed by atoms with E-state index < -0.39 is 0 Å². The third kappa shape index (κ3) is 3.16. The molecule has 1 nitrogen and oxygen atoms in total. The minimum atomic E-state index is 0.507. The van der Waals surface area contributed by atoms with Gasteiger partial charge in [0.05, 0.1) is 10.0 Å². The van der Waals surface area contributed by atoms with E-state index in [1.807, 2.05) is 25.2 Å². The minimum absolute atomic E-state index is 0.507. The molecule has 0 aliphatic rings. The van der Waals surface area contributed by atoms with Crippen LogP contribution in [0, 0.1) is 0 Å². The highest BCUT2D eigenvalue weighted by atomic mass is 35.5. The van der Waals surface area contributed by atoms with Crippen molar-refractivity contribution in [2.75, 3.05) is 7.05 Å². The van der Waals surface area contributed by atoms with E-state index in [1.165, 1.54) is 5.56 Å². The smallest absolute Gasteiger partial charge is 0.0595 e. The number of rotatable bonds is 4. The number of nitrogens with one attached hydrogen (secondary N) is 1. The van der Waals surface area contributed by atoms with E-state index in [0.29, 0.717) is 16.1 Å². The van der Waals surface area contributed by atoms with Crippen LogP contribution in [0.25, 0.3) is 0 Å². The molecule has 0 spiro atoms. The van der Waals surface area contributed by atoms with Gasteiger partial charge in [0.1, 0.15) is 0 Å². The normalized spacial score (nSPS) is 12.9. The van der Waals surface area contributed by atoms with Crippen molar-refractivity contribution in [1.82, 2.24) is 5.32 Å². The molecule has 14 heavy (non-hydrogen) atoms. The highest BCUT2D eigenvalue weighted by Crippen LogP contribution is 2.23. The predicted molar refractivity (Wildman–Crippen MR) is 63.3 cm³/mol. The van der Waals surface area contributed by atoms with Gasteiger partial charge in [0.15, 0.2) is 0 Å². The molecule has 0 bridgehead atoms. The Bertz CT molecular complexity index is 295. The lowest BCUT2D eigenvalue weighted by Gasteiger charge is -2.13. The molecule has 0 amide bonds. The van der Waals surface area contributed by atoms with Crippen molar-refractivity contribution in [2.45, 2.75) is 25.8 Å². The van der Waals surface area contributed by atoms with Crippen LogP contribution in [0.3, 0.4) is 0 Å². The van der Waals surface area contributed by atoms with Crippen LogP contribution in [0.4, 0.5) is 0 Å². The fourth-order valence-electron chi connectivity index (χ4n) is 1.40. The molecule has 0 fully saturated rings. The summed E-state index contributed by atoms with van der Waals surface area (Å²) in [6.07, 6.45) is 2.10. The fraction of sp³-hybridized carbons (Fsp3) is 0.455. The molecule has 1 unspecified atom stereocenters. The Balaban J connectivity index is 2.72. The van der Waals surface area contributed by atoms with Gasteiger partial charge in [0.2, 0.25) is 0 Å². The summed E-state index contributed by atoms with van der Waals surface area (Å²) in [4.78, 5) is 0. The molecule has 78 valence electrons. The van der Waals surface area contributed by atoms with Crippen LogP contribution in [0.15, 0.2) is 18.2 Å². The second kappa shape index (κ2) is 5.59. The van der Waals surface area contributed by atoms with Gasteiger partial charge >= 0.3 is 0 Å². The number of hydrogen-bond donors (Lipinski definition) is 1. The maximum absolute atomic E-state index is 5.93. The summed E-state index contributed by atoms with van der Waals surface area (Å²) < 4.78 is 0. The molecule has 0 aromatic heterocycles. The maximum atomic E-state index is 5.93. The summed E-state index contributed by atoms with van der Waals surface area (Å²) in [5, 5.41) is 4.51. The van der Waals surface area contributed by atoms with E-state index >= 15 is 0 Å². The van der Waals surface area contributed by atoms with Crippen LogP contribution in [-0.4, -0.2) is 13.1 Å². The number of benzene rings is 1. The summed E-state index contributed by atoms with van der Waals surface area (Å²) in [7, 11) is 1.98. The first kappa shape index (κ1) is 11.8. The minimum Gasteiger partial charge on any atom is -0.317 e. The Kier molecular flexibility index (Phi) is 4.73. The molecule has 1 N–H and O–H groups in total. The highest BCUT2D eigenvalue weighted by Gasteiger charge is 2.05. The molecule has 3 heteroatoms. The number of hydrogen-bond acceptors (Lipinski definition) is 1. The third-order valence-electron chi connectivity index (χ3n) is 2.37. The van der Waals surface area contributed by atoms with Crippen LogP contribution < -0.4 is 5.32 Å². The largest absolute Gasteiger partial charge is 0.317 e. The van der Waals surface area contributed by atoms with Crippen molar-refractivity contribution in [3.8, 4) is 0 Å². The molecular weight excluding hydrogens is 217 g/mol. The average Bonchev–Trinajstić information content (AvgIpc) is 2.19. The lowest BCUT2D eigenvalue weighted by atomic mass is 10.0. The van der Waals surface area contributed by atoms with Crippen LogP contribution in [-0.2, 0) is 6.42 Å². The van der Waals surface area contributed by atoms with E-state index in [-0.39, 0.29) is 0 Å². The molecule has 0 heterocycles. The Morgan fingerprint density at radius 3 is 2.50 bits per heavy atom. The summed E-state index contributed by atoms with van der Waals surface area (Å²) in [5.74, 6) is 0. The first-order chi connectivity index (χ1) is 6.67. The van der Waals surface area contributed by atoms with Gasteiger partial charge in [-0.1, -0.05) is 36.2 Å². The molecular formula is C11H15Cl2N. The Morgan fingerprint density at radius 1 is 1.29 bits per heavy atom. The van der Waals surface area contributed by atoms with Gasteiger partial charge in [-0.2, -0.15) is 0 Å². The highest BCUT2D eigenvalue weighted by molar-refractivity contribution is 6.42. The van der Waals surface area contributed by atoms with Crippen LogP contribution >= 0.6 is 23.2 Å². The lowest BCUT2D eigenvalue weighted by molar-refractivity contribution is 0.543. The Labute approximate surface area is 95.4 Å². The van der Waals surface area contributed by atoms with Crippen molar-refractivity contribution in [2.24, 2.45) is 0 Å². The zero-order valence-corrected chi connectivity index (χ0v) is 9.99. The Hall–Kier alpha value is -0.240. The number of halogens is 2. The summed E-state index contributed by atoms with van der Waals surface area (Å²) in [6, 6.07) is 6.31. The first-order valence-electron chi connectivity index (χ1n) is 4.78. The van der Waals surface area contributed by atoms with E-state index in [4.69, 9.17) is 23.2 Å². The molecule has 1 aromatic carbocycles. The Morgan fingerprint density at radius 2 is 2.00 bits per heavy atom.